The SMILES string of the molecule is O=C(NCC1CN(Cc2ccco2)Cc2ccnn21)N1CCCC1. The number of carbonyl (C=O) groups is 1. The Kier molecular flexibility index (Phi) is 4.25. The van der Waals surface area contributed by atoms with Gasteiger partial charge in [-0.05, 0) is 31.0 Å². The summed E-state index contributed by atoms with van der Waals surface area (Å²) in [6, 6.07) is 6.14. The van der Waals surface area contributed by atoms with Gasteiger partial charge in [-0.25, -0.2) is 4.79 Å². The van der Waals surface area contributed by atoms with Crippen LogP contribution in [0.2, 0.25) is 0 Å². The summed E-state index contributed by atoms with van der Waals surface area (Å²) in [5, 5.41) is 7.53. The van der Waals surface area contributed by atoms with E-state index in [2.05, 4.69) is 15.3 Å². The first-order chi connectivity index (χ1) is 11.8. The van der Waals surface area contributed by atoms with Gasteiger partial charge in [0, 0.05) is 38.9 Å². The first-order valence-corrected chi connectivity index (χ1v) is 8.59. The monoisotopic (exact) mass is 329 g/mol. The van der Waals surface area contributed by atoms with Crippen molar-refractivity contribution in [2.75, 3.05) is 26.2 Å². The summed E-state index contributed by atoms with van der Waals surface area (Å²) in [5.74, 6) is 0.961. The molecule has 0 aromatic carbocycles. The fourth-order valence-electron chi connectivity index (χ4n) is 3.60. The van der Waals surface area contributed by atoms with E-state index in [1.165, 1.54) is 5.69 Å². The number of urea groups is 1. The van der Waals surface area contributed by atoms with Crippen LogP contribution in [0.5, 0.6) is 0 Å². The van der Waals surface area contributed by atoms with Crippen molar-refractivity contribution >= 4 is 6.03 Å². The quantitative estimate of drug-likeness (QED) is 0.929. The molecule has 0 spiro atoms. The molecule has 1 N–H and O–H groups in total. The molecule has 4 heterocycles. The summed E-state index contributed by atoms with van der Waals surface area (Å²) >= 11 is 0. The molecule has 7 heteroatoms. The van der Waals surface area contributed by atoms with Gasteiger partial charge in [-0.3, -0.25) is 9.58 Å². The molecule has 0 radical (unpaired) electrons. The summed E-state index contributed by atoms with van der Waals surface area (Å²) < 4.78 is 7.51. The lowest BCUT2D eigenvalue weighted by Crippen LogP contribution is -2.45. The van der Waals surface area contributed by atoms with Crippen molar-refractivity contribution in [1.82, 2.24) is 24.9 Å². The summed E-state index contributed by atoms with van der Waals surface area (Å²) in [4.78, 5) is 16.5. The van der Waals surface area contributed by atoms with E-state index < -0.39 is 0 Å². The van der Waals surface area contributed by atoms with Crippen molar-refractivity contribution in [1.29, 1.82) is 0 Å². The minimum atomic E-state index is 0.0457. The van der Waals surface area contributed by atoms with Gasteiger partial charge >= 0.3 is 6.03 Å². The van der Waals surface area contributed by atoms with Gasteiger partial charge in [-0.2, -0.15) is 5.10 Å². The van der Waals surface area contributed by atoms with Crippen molar-refractivity contribution in [2.45, 2.75) is 32.0 Å². The lowest BCUT2D eigenvalue weighted by molar-refractivity contribution is 0.152. The molecule has 2 aliphatic heterocycles. The molecule has 7 nitrogen and oxygen atoms in total. The van der Waals surface area contributed by atoms with Crippen LogP contribution in [-0.2, 0) is 13.1 Å². The van der Waals surface area contributed by atoms with Gasteiger partial charge in [0.1, 0.15) is 5.76 Å². The van der Waals surface area contributed by atoms with Gasteiger partial charge in [0.25, 0.3) is 0 Å². The lowest BCUT2D eigenvalue weighted by Gasteiger charge is -2.33. The number of carbonyl (C=O) groups excluding carboxylic acids is 1. The summed E-state index contributed by atoms with van der Waals surface area (Å²) in [6.45, 7) is 4.79. The van der Waals surface area contributed by atoms with E-state index in [1.54, 1.807) is 6.26 Å². The minimum absolute atomic E-state index is 0.0457. The molecule has 0 saturated carbocycles. The van der Waals surface area contributed by atoms with Gasteiger partial charge in [-0.1, -0.05) is 0 Å². The van der Waals surface area contributed by atoms with Crippen molar-refractivity contribution in [3.63, 3.8) is 0 Å². The Balaban J connectivity index is 1.40. The van der Waals surface area contributed by atoms with E-state index in [-0.39, 0.29) is 12.1 Å². The van der Waals surface area contributed by atoms with Crippen LogP contribution >= 0.6 is 0 Å². The van der Waals surface area contributed by atoms with Crippen LogP contribution in [0.1, 0.15) is 30.3 Å². The molecule has 4 rings (SSSR count). The molecule has 1 atom stereocenters. The van der Waals surface area contributed by atoms with Gasteiger partial charge in [0.15, 0.2) is 0 Å². The Hall–Kier alpha value is -2.28. The number of hydrogen-bond acceptors (Lipinski definition) is 4. The topological polar surface area (TPSA) is 66.5 Å². The number of aromatic nitrogens is 2. The largest absolute Gasteiger partial charge is 0.468 e. The zero-order chi connectivity index (χ0) is 16.4. The number of nitrogens with zero attached hydrogens (tertiary/aromatic N) is 4. The van der Waals surface area contributed by atoms with Crippen LogP contribution in [0.25, 0.3) is 0 Å². The normalized spacial score (nSPS) is 21.0. The second-order valence-electron chi connectivity index (χ2n) is 6.55. The lowest BCUT2D eigenvalue weighted by atomic mass is 10.2. The third-order valence-corrected chi connectivity index (χ3v) is 4.79. The van der Waals surface area contributed by atoms with Crippen molar-refractivity contribution < 1.29 is 9.21 Å². The first kappa shape index (κ1) is 15.3. The number of likely N-dealkylation sites (tertiary alicyclic amines) is 1. The van der Waals surface area contributed by atoms with E-state index in [0.29, 0.717) is 6.54 Å². The number of nitrogens with one attached hydrogen (secondary N) is 1. The van der Waals surface area contributed by atoms with Gasteiger partial charge in [0.05, 0.1) is 24.5 Å². The molecule has 1 unspecified atom stereocenters. The summed E-state index contributed by atoms with van der Waals surface area (Å²) in [6.07, 6.45) is 5.76. The highest BCUT2D eigenvalue weighted by molar-refractivity contribution is 5.74. The zero-order valence-corrected chi connectivity index (χ0v) is 13.7. The van der Waals surface area contributed by atoms with Crippen LogP contribution in [0.4, 0.5) is 4.79 Å². The highest BCUT2D eigenvalue weighted by Crippen LogP contribution is 2.22. The van der Waals surface area contributed by atoms with E-state index in [0.717, 1.165) is 51.3 Å². The van der Waals surface area contributed by atoms with Crippen LogP contribution in [0.15, 0.2) is 35.1 Å². The van der Waals surface area contributed by atoms with Gasteiger partial charge in [-0.15, -0.1) is 0 Å². The summed E-state index contributed by atoms with van der Waals surface area (Å²) in [5.41, 5.74) is 1.17. The Morgan fingerprint density at radius 2 is 2.21 bits per heavy atom. The fraction of sp³-hybridized carbons (Fsp3) is 0.529. The molecule has 2 aromatic rings. The molecule has 2 amide bonds. The number of furan rings is 1. The fourth-order valence-corrected chi connectivity index (χ4v) is 3.60. The minimum Gasteiger partial charge on any atom is -0.468 e. The maximum atomic E-state index is 12.2. The maximum absolute atomic E-state index is 12.2. The van der Waals surface area contributed by atoms with Crippen LogP contribution < -0.4 is 5.32 Å². The standard InChI is InChI=1S/C17H23N5O2/c23-17(21-7-1-2-8-21)18-10-15-12-20(13-16-4-3-9-24-16)11-14-5-6-19-22(14)15/h3-6,9,15H,1-2,7-8,10-13H2,(H,18,23). The average Bonchev–Trinajstić information content (AvgIpc) is 3.32. The van der Waals surface area contributed by atoms with Crippen LogP contribution in [0.3, 0.4) is 0 Å². The summed E-state index contributed by atoms with van der Waals surface area (Å²) in [7, 11) is 0. The maximum Gasteiger partial charge on any atom is 0.317 e. The first-order valence-electron chi connectivity index (χ1n) is 8.59. The highest BCUT2D eigenvalue weighted by atomic mass is 16.3. The molecule has 24 heavy (non-hydrogen) atoms. The van der Waals surface area contributed by atoms with Crippen molar-refractivity contribution in [3.8, 4) is 0 Å². The number of amides is 2. The number of rotatable bonds is 4. The van der Waals surface area contributed by atoms with Crippen LogP contribution in [0, 0.1) is 0 Å². The predicted octanol–water partition coefficient (Wildman–Crippen LogP) is 1.84. The van der Waals surface area contributed by atoms with E-state index in [4.69, 9.17) is 4.42 Å². The molecular formula is C17H23N5O2. The zero-order valence-electron chi connectivity index (χ0n) is 13.7. The molecule has 1 fully saturated rings. The smallest absolute Gasteiger partial charge is 0.317 e. The Morgan fingerprint density at radius 3 is 3.00 bits per heavy atom. The average molecular weight is 329 g/mol. The predicted molar refractivity (Wildman–Crippen MR) is 88.3 cm³/mol. The van der Waals surface area contributed by atoms with E-state index in [1.807, 2.05) is 34.0 Å². The second-order valence-corrected chi connectivity index (χ2v) is 6.55. The second kappa shape index (κ2) is 6.68. The third kappa shape index (κ3) is 3.17. The number of hydrogen-bond donors (Lipinski definition) is 1. The molecule has 2 aromatic heterocycles. The molecule has 2 aliphatic rings. The van der Waals surface area contributed by atoms with Crippen LogP contribution in [-0.4, -0.2) is 51.8 Å². The molecule has 128 valence electrons. The van der Waals surface area contributed by atoms with E-state index in [9.17, 15) is 4.79 Å². The van der Waals surface area contributed by atoms with Crippen molar-refractivity contribution in [2.24, 2.45) is 0 Å². The molecule has 1 saturated heterocycles. The van der Waals surface area contributed by atoms with Gasteiger partial charge < -0.3 is 14.6 Å². The van der Waals surface area contributed by atoms with Crippen molar-refractivity contribution in [3.05, 3.63) is 42.1 Å². The Morgan fingerprint density at radius 1 is 1.33 bits per heavy atom. The number of fused-ring (bicyclic) bond motifs is 1. The Bertz CT molecular complexity index is 675. The third-order valence-electron chi connectivity index (χ3n) is 4.79. The van der Waals surface area contributed by atoms with E-state index >= 15 is 0 Å². The van der Waals surface area contributed by atoms with Gasteiger partial charge in [0.2, 0.25) is 0 Å². The molecular weight excluding hydrogens is 306 g/mol. The molecule has 0 aliphatic carbocycles. The molecule has 0 bridgehead atoms. The Labute approximate surface area is 141 Å². The highest BCUT2D eigenvalue weighted by Gasteiger charge is 2.27.